The van der Waals surface area contributed by atoms with Crippen molar-refractivity contribution in [2.75, 3.05) is 11.1 Å². The number of carbonyl (C=O) groups is 1. The number of hydrogen-bond donors (Lipinski definition) is 1. The van der Waals surface area contributed by atoms with Gasteiger partial charge in [0, 0.05) is 35.8 Å². The SMILES string of the molecule is Cn1c(SCC(=O)Nc2cccc3ccccc23)nnc1-c1ccc([N+](=O)[O-])cc1. The van der Waals surface area contributed by atoms with Crippen LogP contribution in [0.3, 0.4) is 0 Å². The summed E-state index contributed by atoms with van der Waals surface area (Å²) in [7, 11) is 1.79. The summed E-state index contributed by atoms with van der Waals surface area (Å²) in [5.41, 5.74) is 1.49. The Morgan fingerprint density at radius 1 is 1.07 bits per heavy atom. The van der Waals surface area contributed by atoms with Crippen molar-refractivity contribution in [1.29, 1.82) is 0 Å². The molecule has 8 nitrogen and oxygen atoms in total. The second kappa shape index (κ2) is 8.34. The zero-order valence-electron chi connectivity index (χ0n) is 16.0. The van der Waals surface area contributed by atoms with E-state index in [1.165, 1.54) is 23.9 Å². The summed E-state index contributed by atoms with van der Waals surface area (Å²) in [6.45, 7) is 0. The van der Waals surface area contributed by atoms with Crippen molar-refractivity contribution in [3.05, 3.63) is 76.8 Å². The number of carbonyl (C=O) groups excluding carboxylic acids is 1. The molecule has 1 N–H and O–H groups in total. The van der Waals surface area contributed by atoms with E-state index in [-0.39, 0.29) is 17.3 Å². The molecule has 0 aliphatic carbocycles. The van der Waals surface area contributed by atoms with Crippen molar-refractivity contribution in [1.82, 2.24) is 14.8 Å². The van der Waals surface area contributed by atoms with Crippen LogP contribution in [-0.2, 0) is 11.8 Å². The van der Waals surface area contributed by atoms with E-state index in [0.717, 1.165) is 16.5 Å². The Balaban J connectivity index is 1.44. The lowest BCUT2D eigenvalue weighted by Crippen LogP contribution is -2.14. The number of nitro groups is 1. The van der Waals surface area contributed by atoms with Gasteiger partial charge in [-0.25, -0.2) is 0 Å². The van der Waals surface area contributed by atoms with Crippen LogP contribution in [0.4, 0.5) is 11.4 Å². The fourth-order valence-corrected chi connectivity index (χ4v) is 3.79. The molecule has 0 saturated heterocycles. The Morgan fingerprint density at radius 2 is 1.80 bits per heavy atom. The molecule has 30 heavy (non-hydrogen) atoms. The van der Waals surface area contributed by atoms with Crippen molar-refractivity contribution in [2.24, 2.45) is 7.05 Å². The second-order valence-corrected chi connectivity index (χ2v) is 7.48. The number of benzene rings is 3. The van der Waals surface area contributed by atoms with E-state index < -0.39 is 4.92 Å². The third kappa shape index (κ3) is 4.01. The molecule has 0 fully saturated rings. The van der Waals surface area contributed by atoms with Crippen LogP contribution in [0.5, 0.6) is 0 Å². The van der Waals surface area contributed by atoms with E-state index in [4.69, 9.17) is 0 Å². The molecule has 1 aromatic heterocycles. The van der Waals surface area contributed by atoms with Gasteiger partial charge in [0.25, 0.3) is 5.69 Å². The number of thioether (sulfide) groups is 1. The van der Waals surface area contributed by atoms with Crippen LogP contribution in [-0.4, -0.2) is 31.3 Å². The number of amides is 1. The lowest BCUT2D eigenvalue weighted by molar-refractivity contribution is -0.384. The molecule has 0 spiro atoms. The van der Waals surface area contributed by atoms with Gasteiger partial charge in [-0.1, -0.05) is 48.2 Å². The predicted octanol–water partition coefficient (Wildman–Crippen LogP) is 4.27. The van der Waals surface area contributed by atoms with E-state index >= 15 is 0 Å². The average molecular weight is 419 g/mol. The Labute approximate surface area is 176 Å². The average Bonchev–Trinajstić information content (AvgIpc) is 3.13. The van der Waals surface area contributed by atoms with Crippen LogP contribution < -0.4 is 5.32 Å². The van der Waals surface area contributed by atoms with E-state index in [1.807, 2.05) is 42.5 Å². The van der Waals surface area contributed by atoms with E-state index in [2.05, 4.69) is 15.5 Å². The Bertz CT molecular complexity index is 1230. The van der Waals surface area contributed by atoms with Crippen molar-refractivity contribution in [3.8, 4) is 11.4 Å². The fourth-order valence-electron chi connectivity index (χ4n) is 3.07. The zero-order valence-corrected chi connectivity index (χ0v) is 16.8. The maximum absolute atomic E-state index is 12.5. The molecule has 4 aromatic rings. The number of fused-ring (bicyclic) bond motifs is 1. The number of aromatic nitrogens is 3. The van der Waals surface area contributed by atoms with Gasteiger partial charge in [-0.15, -0.1) is 10.2 Å². The van der Waals surface area contributed by atoms with Gasteiger partial charge in [-0.05, 0) is 23.6 Å². The maximum atomic E-state index is 12.5. The van der Waals surface area contributed by atoms with Crippen LogP contribution in [0.15, 0.2) is 71.9 Å². The van der Waals surface area contributed by atoms with Crippen molar-refractivity contribution >= 4 is 39.8 Å². The van der Waals surface area contributed by atoms with Gasteiger partial charge >= 0.3 is 0 Å². The third-order valence-electron chi connectivity index (χ3n) is 4.57. The minimum Gasteiger partial charge on any atom is -0.325 e. The summed E-state index contributed by atoms with van der Waals surface area (Å²) < 4.78 is 1.76. The molecule has 1 amide bonds. The van der Waals surface area contributed by atoms with Gasteiger partial charge < -0.3 is 9.88 Å². The molecule has 0 saturated carbocycles. The first-order valence-electron chi connectivity index (χ1n) is 9.07. The van der Waals surface area contributed by atoms with E-state index in [1.54, 1.807) is 23.7 Å². The van der Waals surface area contributed by atoms with Gasteiger partial charge in [0.2, 0.25) is 5.91 Å². The summed E-state index contributed by atoms with van der Waals surface area (Å²) in [5, 5.41) is 24.7. The Hall–Kier alpha value is -3.72. The lowest BCUT2D eigenvalue weighted by atomic mass is 10.1. The first-order chi connectivity index (χ1) is 14.5. The van der Waals surface area contributed by atoms with E-state index in [9.17, 15) is 14.9 Å². The summed E-state index contributed by atoms with van der Waals surface area (Å²) in [6, 6.07) is 19.8. The van der Waals surface area contributed by atoms with Gasteiger partial charge in [0.1, 0.15) is 0 Å². The maximum Gasteiger partial charge on any atom is 0.269 e. The summed E-state index contributed by atoms with van der Waals surface area (Å²) in [6.07, 6.45) is 0. The Kier molecular flexibility index (Phi) is 5.44. The smallest absolute Gasteiger partial charge is 0.269 e. The molecule has 3 aromatic carbocycles. The molecule has 4 rings (SSSR count). The summed E-state index contributed by atoms with van der Waals surface area (Å²) in [4.78, 5) is 22.8. The standard InChI is InChI=1S/C21H17N5O3S/c1-25-20(15-9-11-16(12-10-15)26(28)29)23-24-21(25)30-13-19(27)22-18-8-4-6-14-5-2-3-7-17(14)18/h2-12H,13H2,1H3,(H,22,27). The van der Waals surface area contributed by atoms with Gasteiger partial charge in [-0.3, -0.25) is 14.9 Å². The molecular formula is C21H17N5O3S. The summed E-state index contributed by atoms with van der Waals surface area (Å²) in [5.74, 6) is 0.605. The van der Waals surface area contributed by atoms with Crippen LogP contribution >= 0.6 is 11.8 Å². The number of rotatable bonds is 6. The highest BCUT2D eigenvalue weighted by molar-refractivity contribution is 7.99. The van der Waals surface area contributed by atoms with Crippen LogP contribution in [0, 0.1) is 10.1 Å². The van der Waals surface area contributed by atoms with Crippen LogP contribution in [0.25, 0.3) is 22.2 Å². The monoisotopic (exact) mass is 419 g/mol. The summed E-state index contributed by atoms with van der Waals surface area (Å²) >= 11 is 1.27. The second-order valence-electron chi connectivity index (χ2n) is 6.53. The van der Waals surface area contributed by atoms with Crippen molar-refractivity contribution in [2.45, 2.75) is 5.16 Å². The largest absolute Gasteiger partial charge is 0.325 e. The predicted molar refractivity (Wildman–Crippen MR) is 116 cm³/mol. The number of anilines is 1. The first kappa shape index (κ1) is 19.6. The molecule has 0 aliphatic heterocycles. The van der Waals surface area contributed by atoms with Crippen LogP contribution in [0.1, 0.15) is 0 Å². The van der Waals surface area contributed by atoms with Crippen LogP contribution in [0.2, 0.25) is 0 Å². The quantitative estimate of drug-likeness (QED) is 0.284. The molecule has 150 valence electrons. The van der Waals surface area contributed by atoms with Crippen molar-refractivity contribution < 1.29 is 9.72 Å². The fraction of sp³-hybridized carbons (Fsp3) is 0.0952. The molecular weight excluding hydrogens is 402 g/mol. The highest BCUT2D eigenvalue weighted by Gasteiger charge is 2.14. The topological polar surface area (TPSA) is 103 Å². The number of hydrogen-bond acceptors (Lipinski definition) is 6. The minimum absolute atomic E-state index is 0.0145. The highest BCUT2D eigenvalue weighted by Crippen LogP contribution is 2.26. The zero-order chi connectivity index (χ0) is 21.1. The molecule has 0 radical (unpaired) electrons. The Morgan fingerprint density at radius 3 is 2.57 bits per heavy atom. The normalized spacial score (nSPS) is 10.8. The molecule has 0 aliphatic rings. The molecule has 0 bridgehead atoms. The number of nitrogens with one attached hydrogen (secondary N) is 1. The van der Waals surface area contributed by atoms with Crippen molar-refractivity contribution in [3.63, 3.8) is 0 Å². The first-order valence-corrected chi connectivity index (χ1v) is 10.1. The minimum atomic E-state index is -0.448. The van der Waals surface area contributed by atoms with E-state index in [0.29, 0.717) is 16.5 Å². The highest BCUT2D eigenvalue weighted by atomic mass is 32.2. The lowest BCUT2D eigenvalue weighted by Gasteiger charge is -2.08. The molecule has 0 unspecified atom stereocenters. The van der Waals surface area contributed by atoms with Gasteiger partial charge in [-0.2, -0.15) is 0 Å². The van der Waals surface area contributed by atoms with Gasteiger partial charge in [0.05, 0.1) is 10.7 Å². The molecule has 9 heteroatoms. The molecule has 0 atom stereocenters. The number of nitro benzene ring substituents is 1. The third-order valence-corrected chi connectivity index (χ3v) is 5.59. The molecule has 1 heterocycles. The number of non-ortho nitro benzene ring substituents is 1. The van der Waals surface area contributed by atoms with Gasteiger partial charge in [0.15, 0.2) is 11.0 Å². The number of nitrogens with zero attached hydrogens (tertiary/aromatic N) is 4.